The van der Waals surface area contributed by atoms with Crippen LogP contribution in [-0.4, -0.2) is 22.9 Å². The molecule has 1 aliphatic heterocycles. The summed E-state index contributed by atoms with van der Waals surface area (Å²) in [6.07, 6.45) is 4.91. The minimum Gasteiger partial charge on any atom is -0.478 e. The van der Waals surface area contributed by atoms with Gasteiger partial charge in [-0.15, -0.1) is 0 Å². The maximum absolute atomic E-state index is 12.8. The molecule has 2 bridgehead atoms. The Morgan fingerprint density at radius 3 is 2.27 bits per heavy atom. The number of nitrogens with zero attached hydrogens (tertiary/aromatic N) is 1. The lowest BCUT2D eigenvalue weighted by atomic mass is 9.85. The number of anilines is 1. The van der Waals surface area contributed by atoms with Crippen LogP contribution in [-0.2, 0) is 9.59 Å². The lowest BCUT2D eigenvalue weighted by molar-refractivity contribution is -0.123. The van der Waals surface area contributed by atoms with Gasteiger partial charge in [-0.3, -0.25) is 9.59 Å². The largest absolute Gasteiger partial charge is 0.478 e. The van der Waals surface area contributed by atoms with Crippen molar-refractivity contribution >= 4 is 23.5 Å². The number of fused-ring (bicyclic) bond motifs is 5. The third kappa shape index (κ3) is 1.51. The number of imide groups is 1. The van der Waals surface area contributed by atoms with Crippen LogP contribution < -0.4 is 4.90 Å². The first kappa shape index (κ1) is 13.2. The zero-order valence-electron chi connectivity index (χ0n) is 12.0. The van der Waals surface area contributed by atoms with Gasteiger partial charge in [-0.2, -0.15) is 0 Å². The number of aryl methyl sites for hydroxylation is 1. The molecule has 5 heteroatoms. The van der Waals surface area contributed by atoms with E-state index in [1.54, 1.807) is 19.1 Å². The summed E-state index contributed by atoms with van der Waals surface area (Å²) >= 11 is 0. The first-order valence-corrected chi connectivity index (χ1v) is 7.39. The fourth-order valence-corrected chi connectivity index (χ4v) is 4.25. The number of rotatable bonds is 2. The first-order chi connectivity index (χ1) is 10.5. The maximum Gasteiger partial charge on any atom is 0.337 e. The van der Waals surface area contributed by atoms with Gasteiger partial charge in [0.2, 0.25) is 11.8 Å². The molecule has 2 fully saturated rings. The molecule has 3 aliphatic rings. The van der Waals surface area contributed by atoms with E-state index in [-0.39, 0.29) is 46.7 Å². The average molecular weight is 297 g/mol. The summed E-state index contributed by atoms with van der Waals surface area (Å²) in [4.78, 5) is 38.2. The molecule has 1 aromatic rings. The Morgan fingerprint density at radius 1 is 1.14 bits per heavy atom. The molecule has 22 heavy (non-hydrogen) atoms. The molecule has 0 aromatic heterocycles. The fourth-order valence-electron chi connectivity index (χ4n) is 4.25. The molecule has 0 radical (unpaired) electrons. The Bertz CT molecular complexity index is 721. The van der Waals surface area contributed by atoms with Gasteiger partial charge < -0.3 is 5.11 Å². The van der Waals surface area contributed by atoms with Gasteiger partial charge in [-0.1, -0.05) is 24.3 Å². The second-order valence-corrected chi connectivity index (χ2v) is 6.29. The van der Waals surface area contributed by atoms with E-state index in [0.29, 0.717) is 5.56 Å². The Hall–Kier alpha value is -2.43. The third-order valence-corrected chi connectivity index (χ3v) is 5.16. The van der Waals surface area contributed by atoms with Gasteiger partial charge in [0.05, 0.1) is 23.1 Å². The molecule has 112 valence electrons. The van der Waals surface area contributed by atoms with Crippen LogP contribution in [0, 0.1) is 30.6 Å². The fraction of sp³-hybridized carbons (Fsp3) is 0.353. The van der Waals surface area contributed by atoms with Crippen molar-refractivity contribution in [2.45, 2.75) is 13.3 Å². The van der Waals surface area contributed by atoms with Crippen molar-refractivity contribution in [3.05, 3.63) is 41.5 Å². The number of benzene rings is 1. The van der Waals surface area contributed by atoms with E-state index in [4.69, 9.17) is 0 Å². The van der Waals surface area contributed by atoms with E-state index in [1.807, 2.05) is 12.2 Å². The number of carbonyl (C=O) groups excluding carboxylic acids is 2. The summed E-state index contributed by atoms with van der Waals surface area (Å²) in [5.41, 5.74) is 0.864. The van der Waals surface area contributed by atoms with E-state index < -0.39 is 5.97 Å². The molecule has 2 amide bonds. The van der Waals surface area contributed by atoms with Gasteiger partial charge in [0, 0.05) is 0 Å². The Kier molecular flexibility index (Phi) is 2.58. The highest BCUT2D eigenvalue weighted by molar-refractivity contribution is 6.24. The quantitative estimate of drug-likeness (QED) is 0.669. The second-order valence-electron chi connectivity index (χ2n) is 6.29. The van der Waals surface area contributed by atoms with Crippen LogP contribution in [0.25, 0.3) is 0 Å². The number of aromatic carboxylic acids is 1. The highest BCUT2D eigenvalue weighted by Crippen LogP contribution is 2.53. The minimum atomic E-state index is -1.13. The Labute approximate surface area is 127 Å². The summed E-state index contributed by atoms with van der Waals surface area (Å²) in [5.74, 6) is -2.01. The second kappa shape index (κ2) is 4.29. The van der Waals surface area contributed by atoms with Crippen LogP contribution in [0.2, 0.25) is 0 Å². The van der Waals surface area contributed by atoms with E-state index in [9.17, 15) is 19.5 Å². The first-order valence-electron chi connectivity index (χ1n) is 7.39. The highest BCUT2D eigenvalue weighted by Gasteiger charge is 2.60. The van der Waals surface area contributed by atoms with Crippen molar-refractivity contribution in [1.29, 1.82) is 0 Å². The topological polar surface area (TPSA) is 74.7 Å². The SMILES string of the molecule is Cc1cccc(C(=O)O)c1N1C(=O)C2C3C=CC(C3)C2C1=O. The molecule has 5 nitrogen and oxygen atoms in total. The number of hydrogen-bond donors (Lipinski definition) is 1. The van der Waals surface area contributed by atoms with Gasteiger partial charge in [0.1, 0.15) is 0 Å². The van der Waals surface area contributed by atoms with Gasteiger partial charge in [0.15, 0.2) is 0 Å². The van der Waals surface area contributed by atoms with Crippen molar-refractivity contribution in [3.8, 4) is 0 Å². The molecule has 1 aromatic carbocycles. The molecule has 4 unspecified atom stereocenters. The van der Waals surface area contributed by atoms with Gasteiger partial charge in [-0.05, 0) is 36.8 Å². The number of allylic oxidation sites excluding steroid dienone is 2. The highest BCUT2D eigenvalue weighted by atomic mass is 16.4. The predicted octanol–water partition coefficient (Wildman–Crippen LogP) is 2.00. The van der Waals surface area contributed by atoms with Crippen molar-refractivity contribution in [2.75, 3.05) is 4.90 Å². The molecular formula is C17H15NO4. The van der Waals surface area contributed by atoms with E-state index in [0.717, 1.165) is 11.3 Å². The number of para-hydroxylation sites is 1. The number of hydrogen-bond acceptors (Lipinski definition) is 3. The molecule has 0 spiro atoms. The summed E-state index contributed by atoms with van der Waals surface area (Å²) < 4.78 is 0. The normalized spacial score (nSPS) is 32.0. The molecule has 1 saturated heterocycles. The molecular weight excluding hydrogens is 282 g/mol. The molecule has 1 saturated carbocycles. The van der Waals surface area contributed by atoms with Crippen LogP contribution in [0.15, 0.2) is 30.4 Å². The summed E-state index contributed by atoms with van der Waals surface area (Å²) in [6.45, 7) is 1.73. The average Bonchev–Trinajstić information content (AvgIpc) is 3.14. The van der Waals surface area contributed by atoms with Gasteiger partial charge in [-0.25, -0.2) is 9.69 Å². The smallest absolute Gasteiger partial charge is 0.337 e. The number of amides is 2. The van der Waals surface area contributed by atoms with E-state index in [1.165, 1.54) is 6.07 Å². The minimum absolute atomic E-state index is 0.00183. The third-order valence-electron chi connectivity index (χ3n) is 5.16. The van der Waals surface area contributed by atoms with Gasteiger partial charge in [0.25, 0.3) is 0 Å². The van der Waals surface area contributed by atoms with Gasteiger partial charge >= 0.3 is 5.97 Å². The molecule has 4 rings (SSSR count). The molecule has 1 N–H and O–H groups in total. The maximum atomic E-state index is 12.8. The van der Waals surface area contributed by atoms with Crippen LogP contribution in [0.1, 0.15) is 22.3 Å². The van der Waals surface area contributed by atoms with E-state index >= 15 is 0 Å². The molecule has 4 atom stereocenters. The zero-order chi connectivity index (χ0) is 15.6. The van der Waals surface area contributed by atoms with Crippen molar-refractivity contribution in [3.63, 3.8) is 0 Å². The van der Waals surface area contributed by atoms with Crippen molar-refractivity contribution in [2.24, 2.45) is 23.7 Å². The van der Waals surface area contributed by atoms with E-state index in [2.05, 4.69) is 0 Å². The van der Waals surface area contributed by atoms with Crippen molar-refractivity contribution < 1.29 is 19.5 Å². The molecule has 2 aliphatic carbocycles. The van der Waals surface area contributed by atoms with Crippen LogP contribution in [0.3, 0.4) is 0 Å². The molecule has 1 heterocycles. The number of carbonyl (C=O) groups is 3. The Morgan fingerprint density at radius 2 is 1.73 bits per heavy atom. The summed E-state index contributed by atoms with van der Waals surface area (Å²) in [7, 11) is 0. The zero-order valence-corrected chi connectivity index (χ0v) is 12.0. The summed E-state index contributed by atoms with van der Waals surface area (Å²) in [6, 6.07) is 4.79. The van der Waals surface area contributed by atoms with Crippen LogP contribution in [0.4, 0.5) is 5.69 Å². The van der Waals surface area contributed by atoms with Crippen LogP contribution in [0.5, 0.6) is 0 Å². The van der Waals surface area contributed by atoms with Crippen molar-refractivity contribution in [1.82, 2.24) is 0 Å². The lowest BCUT2D eigenvalue weighted by Gasteiger charge is -2.21. The van der Waals surface area contributed by atoms with Crippen LogP contribution >= 0.6 is 0 Å². The predicted molar refractivity (Wildman–Crippen MR) is 78.3 cm³/mol. The standard InChI is InChI=1S/C17H15NO4/c1-8-3-2-4-11(17(21)22)14(8)18-15(19)12-9-5-6-10(7-9)13(12)16(18)20/h2-6,9-10,12-13H,7H2,1H3,(H,21,22). The lowest BCUT2D eigenvalue weighted by Crippen LogP contribution is -2.34. The summed E-state index contributed by atoms with van der Waals surface area (Å²) in [5, 5.41) is 9.38. The number of carboxylic acid groups (broad SMARTS) is 1. The monoisotopic (exact) mass is 297 g/mol. The Balaban J connectivity index is 1.84. The number of carboxylic acids is 1.